The van der Waals surface area contributed by atoms with Crippen molar-refractivity contribution >= 4 is 23.0 Å². The standard InChI is InChI=1S/C22H20N4O/c1-14-10-15(2)21(16(3)11-14)25-19-8-9-24-20(12-19)22(27)26-18-6-4-17(13-23)5-7-18/h4-12H,1-3H3,(H,24,25)(H,26,27). The second-order valence-corrected chi connectivity index (χ2v) is 6.47. The molecule has 0 aliphatic carbocycles. The molecule has 5 heteroatoms. The molecule has 0 bridgehead atoms. The van der Waals surface area contributed by atoms with Gasteiger partial charge in [0.15, 0.2) is 0 Å². The summed E-state index contributed by atoms with van der Waals surface area (Å²) >= 11 is 0. The van der Waals surface area contributed by atoms with Crippen molar-refractivity contribution in [2.24, 2.45) is 0 Å². The van der Waals surface area contributed by atoms with Crippen molar-refractivity contribution in [1.29, 1.82) is 5.26 Å². The molecule has 5 nitrogen and oxygen atoms in total. The third-order valence-electron chi connectivity index (χ3n) is 4.21. The van der Waals surface area contributed by atoms with E-state index in [9.17, 15) is 4.79 Å². The molecular weight excluding hydrogens is 336 g/mol. The third kappa shape index (κ3) is 4.31. The molecule has 0 fully saturated rings. The molecule has 2 N–H and O–H groups in total. The monoisotopic (exact) mass is 356 g/mol. The average molecular weight is 356 g/mol. The zero-order valence-corrected chi connectivity index (χ0v) is 15.5. The highest BCUT2D eigenvalue weighted by atomic mass is 16.1. The number of benzene rings is 2. The minimum absolute atomic E-state index is 0.305. The number of rotatable bonds is 4. The number of pyridine rings is 1. The molecule has 1 heterocycles. The normalized spacial score (nSPS) is 10.1. The van der Waals surface area contributed by atoms with E-state index in [0.29, 0.717) is 16.9 Å². The maximum atomic E-state index is 12.5. The van der Waals surface area contributed by atoms with Crippen LogP contribution in [0.3, 0.4) is 0 Å². The largest absolute Gasteiger partial charge is 0.355 e. The van der Waals surface area contributed by atoms with E-state index < -0.39 is 0 Å². The molecule has 0 aliphatic rings. The Morgan fingerprint density at radius 1 is 0.963 bits per heavy atom. The second kappa shape index (κ2) is 7.71. The summed E-state index contributed by atoms with van der Waals surface area (Å²) in [5, 5.41) is 15.0. The van der Waals surface area contributed by atoms with Crippen LogP contribution in [-0.4, -0.2) is 10.9 Å². The first-order valence-corrected chi connectivity index (χ1v) is 8.58. The highest BCUT2D eigenvalue weighted by molar-refractivity contribution is 6.03. The van der Waals surface area contributed by atoms with Crippen LogP contribution in [0, 0.1) is 32.1 Å². The van der Waals surface area contributed by atoms with Crippen LogP contribution in [0.1, 0.15) is 32.7 Å². The third-order valence-corrected chi connectivity index (χ3v) is 4.21. The van der Waals surface area contributed by atoms with Crippen LogP contribution < -0.4 is 10.6 Å². The molecule has 3 aromatic rings. The number of nitriles is 1. The Kier molecular flexibility index (Phi) is 5.18. The van der Waals surface area contributed by atoms with Gasteiger partial charge in [-0.1, -0.05) is 17.7 Å². The first-order chi connectivity index (χ1) is 13.0. The fourth-order valence-electron chi connectivity index (χ4n) is 2.98. The first-order valence-electron chi connectivity index (χ1n) is 8.58. The number of carbonyl (C=O) groups excluding carboxylic acids is 1. The Hall–Kier alpha value is -3.65. The molecule has 134 valence electrons. The molecule has 1 aromatic heterocycles. The van der Waals surface area contributed by atoms with Gasteiger partial charge < -0.3 is 10.6 Å². The summed E-state index contributed by atoms with van der Waals surface area (Å²) in [6.07, 6.45) is 1.61. The van der Waals surface area contributed by atoms with E-state index in [1.165, 1.54) is 5.56 Å². The highest BCUT2D eigenvalue weighted by Crippen LogP contribution is 2.26. The lowest BCUT2D eigenvalue weighted by atomic mass is 10.0. The topological polar surface area (TPSA) is 77.8 Å². The summed E-state index contributed by atoms with van der Waals surface area (Å²) in [6.45, 7) is 6.19. The molecule has 3 rings (SSSR count). The molecule has 1 amide bonds. The molecule has 27 heavy (non-hydrogen) atoms. The molecule has 0 saturated carbocycles. The summed E-state index contributed by atoms with van der Waals surface area (Å²) in [5.74, 6) is -0.305. The number of nitrogens with one attached hydrogen (secondary N) is 2. The summed E-state index contributed by atoms with van der Waals surface area (Å²) < 4.78 is 0. The maximum Gasteiger partial charge on any atom is 0.274 e. The number of anilines is 3. The smallest absolute Gasteiger partial charge is 0.274 e. The predicted octanol–water partition coefficient (Wildman–Crippen LogP) is 4.87. The van der Waals surface area contributed by atoms with Gasteiger partial charge in [0.2, 0.25) is 0 Å². The van der Waals surface area contributed by atoms with Crippen molar-refractivity contribution in [2.75, 3.05) is 10.6 Å². The van der Waals surface area contributed by atoms with Gasteiger partial charge in [-0.05, 0) is 68.3 Å². The van der Waals surface area contributed by atoms with Crippen LogP contribution in [0.25, 0.3) is 0 Å². The van der Waals surface area contributed by atoms with Crippen LogP contribution in [-0.2, 0) is 0 Å². The molecule has 0 unspecified atom stereocenters. The minimum Gasteiger partial charge on any atom is -0.355 e. The number of hydrogen-bond donors (Lipinski definition) is 2. The van der Waals surface area contributed by atoms with Crippen LogP contribution in [0.5, 0.6) is 0 Å². The summed E-state index contributed by atoms with van der Waals surface area (Å²) in [7, 11) is 0. The minimum atomic E-state index is -0.305. The van der Waals surface area contributed by atoms with E-state index in [1.54, 1.807) is 36.5 Å². The molecule has 0 radical (unpaired) electrons. The SMILES string of the molecule is Cc1cc(C)c(Nc2ccnc(C(=O)Nc3ccc(C#N)cc3)c2)c(C)c1. The Balaban J connectivity index is 1.79. The first kappa shape index (κ1) is 18.2. The lowest BCUT2D eigenvalue weighted by molar-refractivity contribution is 0.102. The van der Waals surface area contributed by atoms with E-state index in [4.69, 9.17) is 5.26 Å². The Morgan fingerprint density at radius 2 is 1.63 bits per heavy atom. The predicted molar refractivity (Wildman–Crippen MR) is 107 cm³/mol. The Bertz CT molecular complexity index is 1010. The van der Waals surface area contributed by atoms with Gasteiger partial charge in [-0.3, -0.25) is 9.78 Å². The molecule has 0 atom stereocenters. The van der Waals surface area contributed by atoms with Crippen LogP contribution in [0.4, 0.5) is 17.1 Å². The fourth-order valence-corrected chi connectivity index (χ4v) is 2.98. The zero-order valence-electron chi connectivity index (χ0n) is 15.5. The lowest BCUT2D eigenvalue weighted by Crippen LogP contribution is -2.13. The number of nitrogens with zero attached hydrogens (tertiary/aromatic N) is 2. The van der Waals surface area contributed by atoms with Crippen molar-refractivity contribution in [3.8, 4) is 6.07 Å². The van der Waals surface area contributed by atoms with Gasteiger partial charge in [-0.2, -0.15) is 5.26 Å². The van der Waals surface area contributed by atoms with E-state index in [2.05, 4.69) is 48.5 Å². The summed E-state index contributed by atoms with van der Waals surface area (Å²) in [5.41, 5.74) is 6.81. The summed E-state index contributed by atoms with van der Waals surface area (Å²) in [4.78, 5) is 16.7. The van der Waals surface area contributed by atoms with Gasteiger partial charge in [0.05, 0.1) is 11.6 Å². The van der Waals surface area contributed by atoms with Crippen LogP contribution >= 0.6 is 0 Å². The number of aromatic nitrogens is 1. The van der Waals surface area contributed by atoms with E-state index >= 15 is 0 Å². The van der Waals surface area contributed by atoms with Crippen molar-refractivity contribution in [1.82, 2.24) is 4.98 Å². The van der Waals surface area contributed by atoms with Crippen molar-refractivity contribution in [3.63, 3.8) is 0 Å². The van der Waals surface area contributed by atoms with Crippen LogP contribution in [0.15, 0.2) is 54.7 Å². The quantitative estimate of drug-likeness (QED) is 0.699. The van der Waals surface area contributed by atoms with Gasteiger partial charge in [0.1, 0.15) is 5.69 Å². The lowest BCUT2D eigenvalue weighted by Gasteiger charge is -2.14. The van der Waals surface area contributed by atoms with Gasteiger partial charge in [-0.15, -0.1) is 0 Å². The van der Waals surface area contributed by atoms with Gasteiger partial charge >= 0.3 is 0 Å². The Labute approximate surface area is 158 Å². The fraction of sp³-hybridized carbons (Fsp3) is 0.136. The van der Waals surface area contributed by atoms with Crippen LogP contribution in [0.2, 0.25) is 0 Å². The summed E-state index contributed by atoms with van der Waals surface area (Å²) in [6, 6.07) is 16.5. The van der Waals surface area contributed by atoms with Crippen molar-refractivity contribution < 1.29 is 4.79 Å². The van der Waals surface area contributed by atoms with Crippen molar-refractivity contribution in [3.05, 3.63) is 82.7 Å². The van der Waals surface area contributed by atoms with Crippen molar-refractivity contribution in [2.45, 2.75) is 20.8 Å². The maximum absolute atomic E-state index is 12.5. The molecule has 0 spiro atoms. The average Bonchev–Trinajstić information content (AvgIpc) is 2.65. The molecule has 0 saturated heterocycles. The van der Waals surface area contributed by atoms with Gasteiger partial charge in [0.25, 0.3) is 5.91 Å². The molecular formula is C22H20N4O. The van der Waals surface area contributed by atoms with Gasteiger partial charge in [0, 0.05) is 23.3 Å². The van der Waals surface area contributed by atoms with E-state index in [-0.39, 0.29) is 5.91 Å². The van der Waals surface area contributed by atoms with E-state index in [0.717, 1.165) is 22.5 Å². The number of hydrogen-bond acceptors (Lipinski definition) is 4. The number of aryl methyl sites for hydroxylation is 3. The van der Waals surface area contributed by atoms with E-state index in [1.807, 2.05) is 12.1 Å². The number of amides is 1. The second-order valence-electron chi connectivity index (χ2n) is 6.47. The molecule has 0 aliphatic heterocycles. The van der Waals surface area contributed by atoms with Gasteiger partial charge in [-0.25, -0.2) is 0 Å². The zero-order chi connectivity index (χ0) is 19.4. The number of carbonyl (C=O) groups is 1. The Morgan fingerprint density at radius 3 is 2.26 bits per heavy atom. The highest BCUT2D eigenvalue weighted by Gasteiger charge is 2.10. The molecule has 2 aromatic carbocycles.